The van der Waals surface area contributed by atoms with E-state index in [9.17, 15) is 9.59 Å². The van der Waals surface area contributed by atoms with E-state index in [1.54, 1.807) is 4.90 Å². The number of amides is 2. The maximum Gasteiger partial charge on any atom is 0.231 e. The van der Waals surface area contributed by atoms with Crippen LogP contribution in [0.1, 0.15) is 29.0 Å². The zero-order valence-corrected chi connectivity index (χ0v) is 19.0. The van der Waals surface area contributed by atoms with E-state index < -0.39 is 5.92 Å². The first-order valence-electron chi connectivity index (χ1n) is 10.7. The fraction of sp³-hybridized carbons (Fsp3) is 0.333. The Labute approximate surface area is 191 Å². The van der Waals surface area contributed by atoms with E-state index in [2.05, 4.69) is 21.6 Å². The van der Waals surface area contributed by atoms with Crippen LogP contribution in [0.25, 0.3) is 0 Å². The van der Waals surface area contributed by atoms with Crippen LogP contribution in [0.3, 0.4) is 0 Å². The number of carbonyl (C=O) groups excluding carboxylic acids is 2. The summed E-state index contributed by atoms with van der Waals surface area (Å²) in [5.74, 6) is 0.209. The number of nitrogens with one attached hydrogen (secondary N) is 1. The van der Waals surface area contributed by atoms with Crippen molar-refractivity contribution in [2.45, 2.75) is 33.1 Å². The van der Waals surface area contributed by atoms with Crippen LogP contribution in [0.2, 0.25) is 0 Å². The highest BCUT2D eigenvalue weighted by Gasteiger charge is 2.35. The van der Waals surface area contributed by atoms with Gasteiger partial charge in [-0.15, -0.1) is 10.2 Å². The molecule has 2 aromatic carbocycles. The van der Waals surface area contributed by atoms with Crippen molar-refractivity contribution in [2.24, 2.45) is 5.92 Å². The van der Waals surface area contributed by atoms with Gasteiger partial charge in [-0.3, -0.25) is 9.59 Å². The first-order chi connectivity index (χ1) is 15.5. The van der Waals surface area contributed by atoms with Crippen molar-refractivity contribution in [1.29, 1.82) is 0 Å². The molecular formula is C24H26N4O3S. The standard InChI is InChI=1S/C24H26N4O3S/c1-16-11-17(2)13-19(12-16)28-15-18(14-22(28)29)23(30)25-24-27-26-21(32-24)9-6-10-31-20-7-4-3-5-8-20/h3-5,7-8,11-13,18H,6,9-10,14-15H2,1-2H3,(H,25,27,30). The summed E-state index contributed by atoms with van der Waals surface area (Å²) in [6, 6.07) is 15.7. The first-order valence-corrected chi connectivity index (χ1v) is 11.5. The smallest absolute Gasteiger partial charge is 0.231 e. The van der Waals surface area contributed by atoms with Gasteiger partial charge in [0.1, 0.15) is 10.8 Å². The Hall–Kier alpha value is -3.26. The lowest BCUT2D eigenvalue weighted by Gasteiger charge is -2.18. The van der Waals surface area contributed by atoms with Gasteiger partial charge in [-0.2, -0.15) is 0 Å². The number of para-hydroxylation sites is 1. The van der Waals surface area contributed by atoms with Crippen LogP contribution >= 0.6 is 11.3 Å². The van der Waals surface area contributed by atoms with Crippen LogP contribution in [0, 0.1) is 19.8 Å². The van der Waals surface area contributed by atoms with E-state index in [4.69, 9.17) is 4.74 Å². The second-order valence-electron chi connectivity index (χ2n) is 8.01. The van der Waals surface area contributed by atoms with Gasteiger partial charge >= 0.3 is 0 Å². The molecule has 0 spiro atoms. The average molecular weight is 451 g/mol. The topological polar surface area (TPSA) is 84.4 Å². The Morgan fingerprint density at radius 1 is 1.16 bits per heavy atom. The van der Waals surface area contributed by atoms with E-state index in [-0.39, 0.29) is 18.2 Å². The third-order valence-electron chi connectivity index (χ3n) is 5.26. The maximum atomic E-state index is 12.7. The SMILES string of the molecule is Cc1cc(C)cc(N2CC(C(=O)Nc3nnc(CCCOc4ccccc4)s3)CC2=O)c1. The van der Waals surface area contributed by atoms with Crippen molar-refractivity contribution < 1.29 is 14.3 Å². The van der Waals surface area contributed by atoms with Crippen LogP contribution in [0.5, 0.6) is 5.75 Å². The Kier molecular flexibility index (Phi) is 6.80. The maximum absolute atomic E-state index is 12.7. The number of carbonyl (C=O) groups is 2. The predicted octanol–water partition coefficient (Wildman–Crippen LogP) is 4.16. The van der Waals surface area contributed by atoms with Crippen molar-refractivity contribution in [3.63, 3.8) is 0 Å². The summed E-state index contributed by atoms with van der Waals surface area (Å²) in [6.07, 6.45) is 1.73. The molecule has 0 bridgehead atoms. The Balaban J connectivity index is 1.27. The van der Waals surface area contributed by atoms with Gasteiger partial charge in [-0.05, 0) is 55.7 Å². The zero-order valence-electron chi connectivity index (χ0n) is 18.2. The largest absolute Gasteiger partial charge is 0.494 e. The highest BCUT2D eigenvalue weighted by molar-refractivity contribution is 7.15. The third kappa shape index (κ3) is 5.50. The lowest BCUT2D eigenvalue weighted by Crippen LogP contribution is -2.28. The van der Waals surface area contributed by atoms with Gasteiger partial charge in [0.25, 0.3) is 0 Å². The number of aromatic nitrogens is 2. The quantitative estimate of drug-likeness (QED) is 0.521. The fourth-order valence-corrected chi connectivity index (χ4v) is 4.57. The molecule has 1 N–H and O–H groups in total. The van der Waals surface area contributed by atoms with Crippen LogP contribution in [-0.2, 0) is 16.0 Å². The molecular weight excluding hydrogens is 424 g/mol. The summed E-state index contributed by atoms with van der Waals surface area (Å²) in [5.41, 5.74) is 3.03. The summed E-state index contributed by atoms with van der Waals surface area (Å²) in [6.45, 7) is 4.96. The lowest BCUT2D eigenvalue weighted by atomic mass is 10.1. The zero-order chi connectivity index (χ0) is 22.5. The molecule has 2 amide bonds. The molecule has 0 radical (unpaired) electrons. The molecule has 1 atom stereocenters. The molecule has 0 saturated carbocycles. The number of hydrogen-bond donors (Lipinski definition) is 1. The molecule has 166 valence electrons. The minimum absolute atomic E-state index is 0.0356. The first kappa shape index (κ1) is 22.0. The summed E-state index contributed by atoms with van der Waals surface area (Å²) < 4.78 is 5.69. The molecule has 1 saturated heterocycles. The van der Waals surface area contributed by atoms with Crippen molar-refractivity contribution in [1.82, 2.24) is 10.2 Å². The molecule has 1 aliphatic heterocycles. The van der Waals surface area contributed by atoms with E-state index in [0.29, 0.717) is 18.3 Å². The molecule has 32 heavy (non-hydrogen) atoms. The average Bonchev–Trinajstić information content (AvgIpc) is 3.37. The number of aryl methyl sites for hydroxylation is 3. The van der Waals surface area contributed by atoms with Crippen LogP contribution < -0.4 is 15.0 Å². The van der Waals surface area contributed by atoms with E-state index in [1.165, 1.54) is 11.3 Å². The summed E-state index contributed by atoms with van der Waals surface area (Å²) in [4.78, 5) is 27.0. The van der Waals surface area contributed by atoms with Crippen LogP contribution in [0.4, 0.5) is 10.8 Å². The number of anilines is 2. The molecule has 8 heteroatoms. The Bertz CT molecular complexity index is 1080. The minimum atomic E-state index is -0.407. The number of rotatable bonds is 8. The minimum Gasteiger partial charge on any atom is -0.494 e. The van der Waals surface area contributed by atoms with Gasteiger partial charge in [0, 0.05) is 25.1 Å². The molecule has 4 rings (SSSR count). The molecule has 1 aromatic heterocycles. The van der Waals surface area contributed by atoms with E-state index in [0.717, 1.165) is 40.4 Å². The molecule has 1 unspecified atom stereocenters. The van der Waals surface area contributed by atoms with Gasteiger partial charge in [-0.1, -0.05) is 35.6 Å². The van der Waals surface area contributed by atoms with Gasteiger partial charge < -0.3 is 15.0 Å². The van der Waals surface area contributed by atoms with Gasteiger partial charge in [-0.25, -0.2) is 0 Å². The predicted molar refractivity (Wildman–Crippen MR) is 125 cm³/mol. The highest BCUT2D eigenvalue weighted by atomic mass is 32.1. The third-order valence-corrected chi connectivity index (χ3v) is 6.16. The fourth-order valence-electron chi connectivity index (χ4n) is 3.78. The Morgan fingerprint density at radius 2 is 1.91 bits per heavy atom. The van der Waals surface area contributed by atoms with E-state index >= 15 is 0 Å². The highest BCUT2D eigenvalue weighted by Crippen LogP contribution is 2.28. The van der Waals surface area contributed by atoms with Crippen molar-refractivity contribution in [3.8, 4) is 5.75 Å². The molecule has 7 nitrogen and oxygen atoms in total. The van der Waals surface area contributed by atoms with Crippen molar-refractivity contribution >= 4 is 34.0 Å². The monoisotopic (exact) mass is 450 g/mol. The molecule has 1 aliphatic rings. The molecule has 1 fully saturated rings. The summed E-state index contributed by atoms with van der Waals surface area (Å²) in [5, 5.41) is 12.4. The molecule has 0 aliphatic carbocycles. The van der Waals surface area contributed by atoms with Crippen LogP contribution in [0.15, 0.2) is 48.5 Å². The van der Waals surface area contributed by atoms with Gasteiger partial charge in [0.05, 0.1) is 12.5 Å². The summed E-state index contributed by atoms with van der Waals surface area (Å²) in [7, 11) is 0. The van der Waals surface area contributed by atoms with Gasteiger partial charge in [0.15, 0.2) is 0 Å². The van der Waals surface area contributed by atoms with E-state index in [1.807, 2.05) is 56.3 Å². The van der Waals surface area contributed by atoms with Gasteiger partial charge in [0.2, 0.25) is 16.9 Å². The van der Waals surface area contributed by atoms with Crippen molar-refractivity contribution in [3.05, 3.63) is 64.7 Å². The number of nitrogens with zero attached hydrogens (tertiary/aromatic N) is 3. The molecule has 2 heterocycles. The second kappa shape index (κ2) is 9.91. The normalized spacial score (nSPS) is 15.8. The Morgan fingerprint density at radius 3 is 2.66 bits per heavy atom. The number of ether oxygens (including phenoxy) is 1. The molecule has 3 aromatic rings. The second-order valence-corrected chi connectivity index (χ2v) is 9.07. The van der Waals surface area contributed by atoms with Crippen LogP contribution in [-0.4, -0.2) is 35.2 Å². The lowest BCUT2D eigenvalue weighted by molar-refractivity contribution is -0.122. The number of benzene rings is 2. The number of hydrogen-bond acceptors (Lipinski definition) is 6. The summed E-state index contributed by atoms with van der Waals surface area (Å²) >= 11 is 1.36. The van der Waals surface area contributed by atoms with Crippen molar-refractivity contribution in [2.75, 3.05) is 23.4 Å².